The lowest BCUT2D eigenvalue weighted by atomic mass is 9.73. The van der Waals surface area contributed by atoms with Crippen LogP contribution >= 0.6 is 0 Å². The van der Waals surface area contributed by atoms with E-state index in [9.17, 15) is 9.90 Å². The molecule has 0 bridgehead atoms. The topological polar surface area (TPSA) is 46.5 Å². The van der Waals surface area contributed by atoms with Crippen LogP contribution in [0.5, 0.6) is 0 Å². The third-order valence-corrected chi connectivity index (χ3v) is 4.16. The van der Waals surface area contributed by atoms with Crippen molar-refractivity contribution in [2.24, 2.45) is 23.7 Å². The van der Waals surface area contributed by atoms with E-state index in [4.69, 9.17) is 4.74 Å². The van der Waals surface area contributed by atoms with Crippen molar-refractivity contribution < 1.29 is 14.6 Å². The summed E-state index contributed by atoms with van der Waals surface area (Å²) in [6.07, 6.45) is 2.00. The van der Waals surface area contributed by atoms with Crippen LogP contribution in [0.3, 0.4) is 0 Å². The van der Waals surface area contributed by atoms with Crippen molar-refractivity contribution in [3.63, 3.8) is 0 Å². The number of ketones is 1. The molecular formula is C12H20O3. The summed E-state index contributed by atoms with van der Waals surface area (Å²) in [5, 5.41) is 10.0. The summed E-state index contributed by atoms with van der Waals surface area (Å²) in [6.45, 7) is 2.74. The van der Waals surface area contributed by atoms with Gasteiger partial charge in [-0.25, -0.2) is 0 Å². The molecule has 0 aromatic rings. The highest BCUT2D eigenvalue weighted by Gasteiger charge is 2.47. The number of methoxy groups -OCH3 is 1. The van der Waals surface area contributed by atoms with E-state index in [1.165, 1.54) is 0 Å². The Balaban J connectivity index is 2.12. The van der Waals surface area contributed by atoms with E-state index in [-0.39, 0.29) is 12.0 Å². The number of hydrogen-bond donors (Lipinski definition) is 1. The Morgan fingerprint density at radius 2 is 2.13 bits per heavy atom. The maximum atomic E-state index is 11.6. The number of hydrogen-bond acceptors (Lipinski definition) is 3. The Hall–Kier alpha value is -0.410. The molecule has 5 atom stereocenters. The van der Waals surface area contributed by atoms with Gasteiger partial charge in [-0.15, -0.1) is 0 Å². The first-order valence-corrected chi connectivity index (χ1v) is 5.82. The molecule has 2 aliphatic carbocycles. The highest BCUT2D eigenvalue weighted by Crippen LogP contribution is 2.46. The Kier molecular flexibility index (Phi) is 3.12. The summed E-state index contributed by atoms with van der Waals surface area (Å²) in [6, 6.07) is 0. The van der Waals surface area contributed by atoms with Crippen LogP contribution in [-0.4, -0.2) is 30.7 Å². The first-order valence-electron chi connectivity index (χ1n) is 5.82. The maximum absolute atomic E-state index is 11.6. The summed E-state index contributed by atoms with van der Waals surface area (Å²) >= 11 is 0. The number of fused-ring (bicyclic) bond motifs is 1. The van der Waals surface area contributed by atoms with Crippen LogP contribution in [0.4, 0.5) is 0 Å². The number of rotatable bonds is 2. The predicted molar refractivity (Wildman–Crippen MR) is 56.4 cm³/mol. The third kappa shape index (κ3) is 1.95. The number of aliphatic hydroxyl groups excluding tert-OH is 1. The molecule has 86 valence electrons. The van der Waals surface area contributed by atoms with Crippen LogP contribution in [0.2, 0.25) is 0 Å². The fraction of sp³-hybridized carbons (Fsp3) is 0.917. The summed E-state index contributed by atoms with van der Waals surface area (Å²) in [5.74, 6) is 1.66. The monoisotopic (exact) mass is 212 g/mol. The first kappa shape index (κ1) is 11.1. The van der Waals surface area contributed by atoms with Crippen molar-refractivity contribution in [2.75, 3.05) is 13.7 Å². The third-order valence-electron chi connectivity index (χ3n) is 4.16. The van der Waals surface area contributed by atoms with Crippen LogP contribution in [-0.2, 0) is 9.53 Å². The summed E-state index contributed by atoms with van der Waals surface area (Å²) in [5.41, 5.74) is 0. The molecule has 0 saturated heterocycles. The van der Waals surface area contributed by atoms with Crippen LogP contribution in [0, 0.1) is 23.7 Å². The smallest absolute Gasteiger partial charge is 0.133 e. The van der Waals surface area contributed by atoms with Crippen LogP contribution in [0.1, 0.15) is 26.2 Å². The van der Waals surface area contributed by atoms with Crippen molar-refractivity contribution in [1.82, 2.24) is 0 Å². The zero-order valence-corrected chi connectivity index (χ0v) is 9.48. The second kappa shape index (κ2) is 4.22. The van der Waals surface area contributed by atoms with Gasteiger partial charge >= 0.3 is 0 Å². The highest BCUT2D eigenvalue weighted by atomic mass is 16.5. The average molecular weight is 212 g/mol. The van der Waals surface area contributed by atoms with Gasteiger partial charge in [-0.05, 0) is 30.1 Å². The molecule has 0 radical (unpaired) electrons. The van der Waals surface area contributed by atoms with E-state index in [0.717, 1.165) is 6.42 Å². The molecule has 1 N–H and O–H groups in total. The lowest BCUT2D eigenvalue weighted by Crippen LogP contribution is -2.36. The number of carbonyl (C=O) groups is 1. The molecule has 2 saturated carbocycles. The second-order valence-corrected chi connectivity index (χ2v) is 5.19. The molecule has 15 heavy (non-hydrogen) atoms. The molecule has 2 fully saturated rings. The zero-order valence-electron chi connectivity index (χ0n) is 9.48. The van der Waals surface area contributed by atoms with Gasteiger partial charge in [0.05, 0.1) is 6.10 Å². The van der Waals surface area contributed by atoms with Crippen LogP contribution in [0.15, 0.2) is 0 Å². The van der Waals surface area contributed by atoms with Gasteiger partial charge in [0.15, 0.2) is 0 Å². The van der Waals surface area contributed by atoms with E-state index in [1.807, 2.05) is 0 Å². The molecule has 0 heterocycles. The number of Topliss-reactive ketones (excluding diaryl/α,β-unsaturated/α-hetero) is 1. The molecular weight excluding hydrogens is 192 g/mol. The molecule has 0 aliphatic heterocycles. The fourth-order valence-electron chi connectivity index (χ4n) is 3.42. The van der Waals surface area contributed by atoms with Crippen molar-refractivity contribution >= 4 is 5.78 Å². The van der Waals surface area contributed by atoms with Gasteiger partial charge in [0.1, 0.15) is 5.78 Å². The largest absolute Gasteiger partial charge is 0.393 e. The van der Waals surface area contributed by atoms with Gasteiger partial charge in [-0.2, -0.15) is 0 Å². The minimum absolute atomic E-state index is 0.196. The van der Waals surface area contributed by atoms with Gasteiger partial charge in [-0.1, -0.05) is 6.92 Å². The fourth-order valence-corrected chi connectivity index (χ4v) is 3.42. The van der Waals surface area contributed by atoms with Gasteiger partial charge < -0.3 is 9.84 Å². The van der Waals surface area contributed by atoms with E-state index >= 15 is 0 Å². The van der Waals surface area contributed by atoms with Crippen molar-refractivity contribution in [2.45, 2.75) is 32.3 Å². The van der Waals surface area contributed by atoms with Crippen molar-refractivity contribution in [1.29, 1.82) is 0 Å². The SMILES string of the molecule is COC[C@H]1CC(=O)C[C@@H]2[C@H](O)[C@H](C)C[C@H]12. The number of aliphatic hydroxyl groups is 1. The zero-order chi connectivity index (χ0) is 11.0. The second-order valence-electron chi connectivity index (χ2n) is 5.19. The molecule has 2 rings (SSSR count). The van der Waals surface area contributed by atoms with Gasteiger partial charge in [-0.3, -0.25) is 4.79 Å². The van der Waals surface area contributed by atoms with Crippen molar-refractivity contribution in [3.05, 3.63) is 0 Å². The Bertz CT molecular complexity index is 251. The Morgan fingerprint density at radius 3 is 2.80 bits per heavy atom. The van der Waals surface area contributed by atoms with E-state index in [2.05, 4.69) is 6.92 Å². The van der Waals surface area contributed by atoms with Crippen LogP contribution in [0.25, 0.3) is 0 Å². The normalized spacial score (nSPS) is 45.5. The molecule has 0 spiro atoms. The van der Waals surface area contributed by atoms with Crippen molar-refractivity contribution in [3.8, 4) is 0 Å². The van der Waals surface area contributed by atoms with Gasteiger partial charge in [0.25, 0.3) is 0 Å². The quantitative estimate of drug-likeness (QED) is 0.749. The molecule has 3 nitrogen and oxygen atoms in total. The summed E-state index contributed by atoms with van der Waals surface area (Å²) in [4.78, 5) is 11.6. The molecule has 2 aliphatic rings. The number of ether oxygens (including phenoxy) is 1. The Morgan fingerprint density at radius 1 is 1.40 bits per heavy atom. The highest BCUT2D eigenvalue weighted by molar-refractivity contribution is 5.80. The van der Waals surface area contributed by atoms with Crippen LogP contribution < -0.4 is 0 Å². The molecule has 0 amide bonds. The minimum Gasteiger partial charge on any atom is -0.393 e. The average Bonchev–Trinajstić information content (AvgIpc) is 2.46. The number of carbonyl (C=O) groups excluding carboxylic acids is 1. The standard InChI is InChI=1S/C12H20O3/c1-7-3-10-8(6-15-2)4-9(13)5-11(10)12(7)14/h7-8,10-12,14H,3-6H2,1-2H3/t7-,8-,10-,11+,12-/m1/s1. The van der Waals surface area contributed by atoms with Gasteiger partial charge in [0.2, 0.25) is 0 Å². The molecule has 0 aromatic heterocycles. The van der Waals surface area contributed by atoms with E-state index < -0.39 is 0 Å². The molecule has 3 heteroatoms. The summed E-state index contributed by atoms with van der Waals surface area (Å²) in [7, 11) is 1.68. The lowest BCUT2D eigenvalue weighted by molar-refractivity contribution is -0.126. The summed E-state index contributed by atoms with van der Waals surface area (Å²) < 4.78 is 5.17. The lowest BCUT2D eigenvalue weighted by Gasteiger charge is -2.33. The minimum atomic E-state index is -0.279. The Labute approximate surface area is 90.8 Å². The van der Waals surface area contributed by atoms with Gasteiger partial charge in [0, 0.05) is 26.6 Å². The molecule has 0 unspecified atom stereocenters. The van der Waals surface area contributed by atoms with E-state index in [0.29, 0.717) is 43.0 Å². The predicted octanol–water partition coefficient (Wildman–Crippen LogP) is 1.25. The van der Waals surface area contributed by atoms with E-state index in [1.54, 1.807) is 7.11 Å². The maximum Gasteiger partial charge on any atom is 0.133 e. The first-order chi connectivity index (χ1) is 7.13. The molecule has 0 aromatic carbocycles.